The molecule has 3 rings (SSSR count). The van der Waals surface area contributed by atoms with Crippen LogP contribution in [0.25, 0.3) is 0 Å². The van der Waals surface area contributed by atoms with Gasteiger partial charge in [-0.05, 0) is 75.2 Å². The highest BCUT2D eigenvalue weighted by Gasteiger charge is 2.17. The molecule has 156 valence electrons. The van der Waals surface area contributed by atoms with Crippen LogP contribution in [0.15, 0.2) is 41.6 Å². The van der Waals surface area contributed by atoms with E-state index in [-0.39, 0.29) is 0 Å². The number of piperazine rings is 1. The number of unbranched alkanes of at least 4 members (excludes halogenated alkanes) is 1. The highest BCUT2D eigenvalue weighted by atomic mass is 16.6. The molecule has 0 N–H and O–H groups in total. The van der Waals surface area contributed by atoms with Gasteiger partial charge in [0.05, 0.1) is 18.5 Å². The fourth-order valence-electron chi connectivity index (χ4n) is 3.21. The molecule has 7 nitrogen and oxygen atoms in total. The van der Waals surface area contributed by atoms with Crippen LogP contribution in [0, 0.1) is 6.92 Å². The first kappa shape index (κ1) is 21.0. The van der Waals surface area contributed by atoms with Gasteiger partial charge < -0.3 is 14.5 Å². The summed E-state index contributed by atoms with van der Waals surface area (Å²) in [7, 11) is 0. The number of benzene rings is 1. The molecule has 1 aliphatic rings. The van der Waals surface area contributed by atoms with Gasteiger partial charge in [-0.25, -0.2) is 0 Å². The molecule has 1 saturated heterocycles. The van der Waals surface area contributed by atoms with Crippen molar-refractivity contribution in [2.75, 3.05) is 50.8 Å². The Labute approximate surface area is 173 Å². The molecule has 0 saturated carbocycles. The van der Waals surface area contributed by atoms with Crippen molar-refractivity contribution in [3.63, 3.8) is 0 Å². The van der Waals surface area contributed by atoms with Gasteiger partial charge in [0.2, 0.25) is 0 Å². The number of aromatic nitrogens is 2. The van der Waals surface area contributed by atoms with Crippen LogP contribution in [0.5, 0.6) is 5.75 Å². The van der Waals surface area contributed by atoms with Crippen molar-refractivity contribution in [2.24, 2.45) is 5.16 Å². The summed E-state index contributed by atoms with van der Waals surface area (Å²) in [6.07, 6.45) is 3.90. The summed E-state index contributed by atoms with van der Waals surface area (Å²) in [6, 6.07) is 12.0. The number of rotatable bonds is 10. The number of nitrogens with zero attached hydrogens (tertiary/aromatic N) is 5. The maximum absolute atomic E-state index is 5.84. The zero-order valence-electron chi connectivity index (χ0n) is 17.5. The third-order valence-corrected chi connectivity index (χ3v) is 4.90. The fraction of sp³-hybridized carbons (Fsp3) is 0.500. The average molecular weight is 398 g/mol. The lowest BCUT2D eigenvalue weighted by molar-refractivity contribution is 0.160. The van der Waals surface area contributed by atoms with Gasteiger partial charge >= 0.3 is 0 Å². The van der Waals surface area contributed by atoms with Crippen molar-refractivity contribution < 1.29 is 9.57 Å². The monoisotopic (exact) mass is 397 g/mol. The summed E-state index contributed by atoms with van der Waals surface area (Å²) in [5.74, 6) is 1.88. The Morgan fingerprint density at radius 2 is 1.79 bits per heavy atom. The van der Waals surface area contributed by atoms with E-state index in [1.165, 1.54) is 0 Å². The van der Waals surface area contributed by atoms with Crippen LogP contribution in [0.4, 0.5) is 5.82 Å². The second-order valence-electron chi connectivity index (χ2n) is 7.14. The highest BCUT2D eigenvalue weighted by molar-refractivity contribution is 5.79. The molecule has 0 spiro atoms. The number of ether oxygens (including phenoxy) is 1. The summed E-state index contributed by atoms with van der Waals surface area (Å²) >= 11 is 0. The van der Waals surface area contributed by atoms with Crippen LogP contribution in [0.3, 0.4) is 0 Å². The zero-order chi connectivity index (χ0) is 20.3. The Kier molecular flexibility index (Phi) is 8.25. The minimum Gasteiger partial charge on any atom is -0.494 e. The van der Waals surface area contributed by atoms with E-state index in [0.717, 1.165) is 75.0 Å². The minimum atomic E-state index is 0.578. The molecule has 1 aromatic carbocycles. The van der Waals surface area contributed by atoms with Crippen molar-refractivity contribution >= 4 is 12.0 Å². The first-order valence-corrected chi connectivity index (χ1v) is 10.4. The van der Waals surface area contributed by atoms with E-state index in [0.29, 0.717) is 6.61 Å². The van der Waals surface area contributed by atoms with Gasteiger partial charge in [-0.15, -0.1) is 5.10 Å². The predicted molar refractivity (Wildman–Crippen MR) is 116 cm³/mol. The molecule has 29 heavy (non-hydrogen) atoms. The Balaban J connectivity index is 1.28. The van der Waals surface area contributed by atoms with Crippen molar-refractivity contribution in [3.05, 3.63) is 47.7 Å². The Bertz CT molecular complexity index is 741. The summed E-state index contributed by atoms with van der Waals surface area (Å²) < 4.78 is 5.84. The van der Waals surface area contributed by atoms with E-state index < -0.39 is 0 Å². The highest BCUT2D eigenvalue weighted by Crippen LogP contribution is 2.14. The lowest BCUT2D eigenvalue weighted by Crippen LogP contribution is -2.47. The van der Waals surface area contributed by atoms with Crippen LogP contribution in [0.2, 0.25) is 0 Å². The first-order chi connectivity index (χ1) is 14.2. The van der Waals surface area contributed by atoms with Crippen LogP contribution >= 0.6 is 0 Å². The number of hydrogen-bond acceptors (Lipinski definition) is 7. The molecule has 0 unspecified atom stereocenters. The topological polar surface area (TPSA) is 63.1 Å². The van der Waals surface area contributed by atoms with E-state index in [9.17, 15) is 0 Å². The summed E-state index contributed by atoms with van der Waals surface area (Å²) in [6.45, 7) is 10.5. The number of aryl methyl sites for hydroxylation is 1. The van der Waals surface area contributed by atoms with E-state index in [2.05, 4.69) is 31.2 Å². The quantitative estimate of drug-likeness (QED) is 0.349. The smallest absolute Gasteiger partial charge is 0.151 e. The normalized spacial score (nSPS) is 15.0. The molecule has 0 aliphatic carbocycles. The number of anilines is 1. The largest absolute Gasteiger partial charge is 0.494 e. The first-order valence-electron chi connectivity index (χ1n) is 10.4. The van der Waals surface area contributed by atoms with E-state index in [4.69, 9.17) is 9.57 Å². The molecule has 0 amide bonds. The third kappa shape index (κ3) is 7.02. The van der Waals surface area contributed by atoms with Crippen molar-refractivity contribution in [3.8, 4) is 5.75 Å². The zero-order valence-corrected chi connectivity index (χ0v) is 17.5. The van der Waals surface area contributed by atoms with Gasteiger partial charge in [0.15, 0.2) is 5.82 Å². The third-order valence-electron chi connectivity index (χ3n) is 4.90. The Morgan fingerprint density at radius 1 is 1.00 bits per heavy atom. The van der Waals surface area contributed by atoms with Crippen molar-refractivity contribution in [1.29, 1.82) is 0 Å². The lowest BCUT2D eigenvalue weighted by atomic mass is 10.2. The van der Waals surface area contributed by atoms with Gasteiger partial charge in [-0.3, -0.25) is 4.90 Å². The van der Waals surface area contributed by atoms with Gasteiger partial charge in [0.25, 0.3) is 0 Å². The van der Waals surface area contributed by atoms with Gasteiger partial charge in [-0.2, -0.15) is 5.10 Å². The maximum Gasteiger partial charge on any atom is 0.151 e. The molecule has 2 aromatic rings. The molecule has 1 aliphatic heterocycles. The van der Waals surface area contributed by atoms with Crippen LogP contribution in [-0.4, -0.2) is 67.2 Å². The summed E-state index contributed by atoms with van der Waals surface area (Å²) in [4.78, 5) is 9.80. The fourth-order valence-corrected chi connectivity index (χ4v) is 3.21. The molecule has 1 fully saturated rings. The standard InChI is InChI=1S/C22H31N5O2/c1-3-29-23-18-20-7-9-21(10-8-20)28-17-5-4-12-26-13-15-27(16-14-26)22-11-6-19(2)24-25-22/h6-11,18H,3-5,12-17H2,1-2H3/b23-18+. The van der Waals surface area contributed by atoms with Crippen LogP contribution < -0.4 is 9.64 Å². The SMILES string of the molecule is CCO/N=C/c1ccc(OCCCCN2CCN(c3ccc(C)nn3)CC2)cc1. The molecule has 0 bridgehead atoms. The molecule has 0 atom stereocenters. The molecular formula is C22H31N5O2. The number of hydrogen-bond donors (Lipinski definition) is 0. The minimum absolute atomic E-state index is 0.578. The van der Waals surface area contributed by atoms with Crippen molar-refractivity contribution in [2.45, 2.75) is 26.7 Å². The molecule has 7 heteroatoms. The lowest BCUT2D eigenvalue weighted by Gasteiger charge is -2.35. The molecule has 1 aromatic heterocycles. The predicted octanol–water partition coefficient (Wildman–Crippen LogP) is 3.14. The van der Waals surface area contributed by atoms with Gasteiger partial charge in [0, 0.05) is 26.2 Å². The van der Waals surface area contributed by atoms with E-state index in [1.807, 2.05) is 44.2 Å². The second kappa shape index (κ2) is 11.4. The van der Waals surface area contributed by atoms with Gasteiger partial charge in [-0.1, -0.05) is 5.16 Å². The summed E-state index contributed by atoms with van der Waals surface area (Å²) in [5, 5.41) is 12.3. The van der Waals surface area contributed by atoms with Crippen LogP contribution in [-0.2, 0) is 4.84 Å². The summed E-state index contributed by atoms with van der Waals surface area (Å²) in [5.41, 5.74) is 1.96. The number of oxime groups is 1. The molecule has 2 heterocycles. The Hall–Kier alpha value is -2.67. The van der Waals surface area contributed by atoms with E-state index in [1.54, 1.807) is 6.21 Å². The van der Waals surface area contributed by atoms with Gasteiger partial charge in [0.1, 0.15) is 12.4 Å². The Morgan fingerprint density at radius 3 is 2.48 bits per heavy atom. The van der Waals surface area contributed by atoms with Crippen molar-refractivity contribution in [1.82, 2.24) is 15.1 Å². The average Bonchev–Trinajstić information content (AvgIpc) is 2.76. The van der Waals surface area contributed by atoms with Crippen LogP contribution in [0.1, 0.15) is 31.0 Å². The maximum atomic E-state index is 5.84. The second-order valence-corrected chi connectivity index (χ2v) is 7.14. The molecule has 0 radical (unpaired) electrons. The van der Waals surface area contributed by atoms with E-state index >= 15 is 0 Å². The molecular weight excluding hydrogens is 366 g/mol.